The smallest absolute Gasteiger partial charge is 0.152 e. The van der Waals surface area contributed by atoms with Gasteiger partial charge in [-0.15, -0.1) is 0 Å². The van der Waals surface area contributed by atoms with Crippen molar-refractivity contribution in [3.8, 4) is 0 Å². The Morgan fingerprint density at radius 3 is 2.55 bits per heavy atom. The van der Waals surface area contributed by atoms with Crippen LogP contribution in [0.5, 0.6) is 0 Å². The topological polar surface area (TPSA) is 26.8 Å². The van der Waals surface area contributed by atoms with Crippen molar-refractivity contribution in [3.05, 3.63) is 28.8 Å². The monoisotopic (exact) mass is 295 g/mol. The molecule has 0 aromatic heterocycles. The van der Waals surface area contributed by atoms with E-state index in [0.29, 0.717) is 10.6 Å². The quantitative estimate of drug-likeness (QED) is 0.775. The summed E-state index contributed by atoms with van der Waals surface area (Å²) in [6.07, 6.45) is 0.889. The van der Waals surface area contributed by atoms with Crippen LogP contribution < -0.4 is 4.90 Å². The van der Waals surface area contributed by atoms with E-state index in [2.05, 4.69) is 28.8 Å². The first-order valence-electron chi connectivity index (χ1n) is 6.97. The van der Waals surface area contributed by atoms with Crippen molar-refractivity contribution in [2.24, 2.45) is 0 Å². The zero-order valence-electron chi connectivity index (χ0n) is 12.2. The SMILES string of the molecule is CN(C)CCN1CCN(c2c(Cl)cccc2C=O)CC1. The van der Waals surface area contributed by atoms with E-state index in [4.69, 9.17) is 11.6 Å². The third-order valence-corrected chi connectivity index (χ3v) is 4.00. The molecule has 4 nitrogen and oxygen atoms in total. The number of carbonyl (C=O) groups excluding carboxylic acids is 1. The van der Waals surface area contributed by atoms with Gasteiger partial charge in [0.1, 0.15) is 0 Å². The fourth-order valence-electron chi connectivity index (χ4n) is 2.50. The molecule has 110 valence electrons. The van der Waals surface area contributed by atoms with E-state index in [1.807, 2.05) is 18.2 Å². The fraction of sp³-hybridized carbons (Fsp3) is 0.533. The highest BCUT2D eigenvalue weighted by Crippen LogP contribution is 2.29. The van der Waals surface area contributed by atoms with Crippen molar-refractivity contribution in [2.45, 2.75) is 0 Å². The van der Waals surface area contributed by atoms with E-state index >= 15 is 0 Å². The molecule has 0 bridgehead atoms. The van der Waals surface area contributed by atoms with Crippen LogP contribution in [0.25, 0.3) is 0 Å². The number of benzene rings is 1. The van der Waals surface area contributed by atoms with Gasteiger partial charge in [-0.3, -0.25) is 9.69 Å². The van der Waals surface area contributed by atoms with Gasteiger partial charge < -0.3 is 9.80 Å². The van der Waals surface area contributed by atoms with Gasteiger partial charge >= 0.3 is 0 Å². The lowest BCUT2D eigenvalue weighted by Gasteiger charge is -2.37. The second-order valence-electron chi connectivity index (χ2n) is 5.43. The van der Waals surface area contributed by atoms with Gasteiger partial charge in [0.05, 0.1) is 10.7 Å². The van der Waals surface area contributed by atoms with E-state index in [-0.39, 0.29) is 0 Å². The molecule has 0 spiro atoms. The molecule has 5 heteroatoms. The number of piperazine rings is 1. The zero-order chi connectivity index (χ0) is 14.5. The number of halogens is 1. The molecule has 0 atom stereocenters. The Kier molecular flexibility index (Phi) is 5.40. The predicted octanol–water partition coefficient (Wildman–Crippen LogP) is 1.84. The number of rotatable bonds is 5. The molecule has 1 aromatic carbocycles. The molecule has 2 rings (SSSR count). The number of likely N-dealkylation sites (N-methyl/N-ethyl adjacent to an activating group) is 1. The summed E-state index contributed by atoms with van der Waals surface area (Å²) in [5.41, 5.74) is 1.57. The van der Waals surface area contributed by atoms with Gasteiger partial charge in [0.25, 0.3) is 0 Å². The average molecular weight is 296 g/mol. The van der Waals surface area contributed by atoms with E-state index in [9.17, 15) is 4.79 Å². The molecule has 0 N–H and O–H groups in total. The molecule has 0 radical (unpaired) electrons. The molecule has 1 aliphatic heterocycles. The second-order valence-corrected chi connectivity index (χ2v) is 5.83. The summed E-state index contributed by atoms with van der Waals surface area (Å²) in [6, 6.07) is 5.50. The Labute approximate surface area is 125 Å². The van der Waals surface area contributed by atoms with Crippen molar-refractivity contribution in [1.82, 2.24) is 9.80 Å². The lowest BCUT2D eigenvalue weighted by atomic mass is 10.1. The van der Waals surface area contributed by atoms with Gasteiger partial charge in [-0.1, -0.05) is 17.7 Å². The van der Waals surface area contributed by atoms with Crippen LogP contribution in [0.3, 0.4) is 0 Å². The van der Waals surface area contributed by atoms with Gasteiger partial charge in [0.2, 0.25) is 0 Å². The van der Waals surface area contributed by atoms with E-state index < -0.39 is 0 Å². The number of hydrogen-bond donors (Lipinski definition) is 0. The molecular weight excluding hydrogens is 274 g/mol. The highest BCUT2D eigenvalue weighted by Gasteiger charge is 2.20. The Morgan fingerprint density at radius 1 is 1.25 bits per heavy atom. The molecular formula is C15H22ClN3O. The molecule has 1 fully saturated rings. The third kappa shape index (κ3) is 3.72. The molecule has 20 heavy (non-hydrogen) atoms. The summed E-state index contributed by atoms with van der Waals surface area (Å²) in [4.78, 5) is 18.0. The van der Waals surface area contributed by atoms with E-state index in [1.165, 1.54) is 0 Å². The van der Waals surface area contributed by atoms with Gasteiger partial charge in [0.15, 0.2) is 6.29 Å². The molecule has 1 aromatic rings. The summed E-state index contributed by atoms with van der Waals surface area (Å²) in [6.45, 7) is 6.01. The summed E-state index contributed by atoms with van der Waals surface area (Å²) < 4.78 is 0. The predicted molar refractivity (Wildman–Crippen MR) is 84.0 cm³/mol. The largest absolute Gasteiger partial charge is 0.367 e. The Bertz CT molecular complexity index is 456. The van der Waals surface area contributed by atoms with Crippen LogP contribution in [0, 0.1) is 0 Å². The molecule has 0 amide bonds. The highest BCUT2D eigenvalue weighted by atomic mass is 35.5. The molecule has 1 saturated heterocycles. The molecule has 1 heterocycles. The molecule has 0 unspecified atom stereocenters. The maximum atomic E-state index is 11.2. The zero-order valence-corrected chi connectivity index (χ0v) is 12.9. The van der Waals surface area contributed by atoms with Crippen LogP contribution in [-0.2, 0) is 0 Å². The minimum atomic E-state index is 0.663. The summed E-state index contributed by atoms with van der Waals surface area (Å²) in [7, 11) is 4.19. The van der Waals surface area contributed by atoms with Gasteiger partial charge in [0, 0.05) is 44.8 Å². The lowest BCUT2D eigenvalue weighted by molar-refractivity contribution is 0.112. The molecule has 0 saturated carbocycles. The van der Waals surface area contributed by atoms with Crippen LogP contribution in [-0.4, -0.2) is 69.4 Å². The number of nitrogens with zero attached hydrogens (tertiary/aromatic N) is 3. The Hall–Kier alpha value is -1.10. The number of carbonyl (C=O) groups is 1. The van der Waals surface area contributed by atoms with E-state index in [0.717, 1.165) is 51.2 Å². The number of para-hydroxylation sites is 1. The molecule has 0 aliphatic carbocycles. The van der Waals surface area contributed by atoms with Gasteiger partial charge in [-0.05, 0) is 26.2 Å². The van der Waals surface area contributed by atoms with E-state index in [1.54, 1.807) is 0 Å². The van der Waals surface area contributed by atoms with Crippen LogP contribution in [0.4, 0.5) is 5.69 Å². The minimum Gasteiger partial charge on any atom is -0.367 e. The van der Waals surface area contributed by atoms with Crippen LogP contribution in [0.15, 0.2) is 18.2 Å². The highest BCUT2D eigenvalue weighted by molar-refractivity contribution is 6.33. The van der Waals surface area contributed by atoms with Crippen molar-refractivity contribution in [3.63, 3.8) is 0 Å². The average Bonchev–Trinajstić information content (AvgIpc) is 2.45. The Balaban J connectivity index is 1.99. The van der Waals surface area contributed by atoms with Crippen LogP contribution in [0.2, 0.25) is 5.02 Å². The van der Waals surface area contributed by atoms with Crippen LogP contribution in [0.1, 0.15) is 10.4 Å². The summed E-state index contributed by atoms with van der Waals surface area (Å²) >= 11 is 6.26. The van der Waals surface area contributed by atoms with Crippen molar-refractivity contribution >= 4 is 23.6 Å². The standard InChI is InChI=1S/C15H22ClN3O/c1-17(2)6-7-18-8-10-19(11-9-18)15-13(12-20)4-3-5-14(15)16/h3-5,12H,6-11H2,1-2H3. The lowest BCUT2D eigenvalue weighted by Crippen LogP contribution is -2.48. The minimum absolute atomic E-state index is 0.663. The third-order valence-electron chi connectivity index (χ3n) is 3.70. The first-order valence-corrected chi connectivity index (χ1v) is 7.35. The maximum absolute atomic E-state index is 11.2. The first kappa shape index (κ1) is 15.3. The number of aldehydes is 1. The van der Waals surface area contributed by atoms with Crippen molar-refractivity contribution in [1.29, 1.82) is 0 Å². The number of hydrogen-bond acceptors (Lipinski definition) is 4. The first-order chi connectivity index (χ1) is 9.61. The van der Waals surface area contributed by atoms with Crippen LogP contribution >= 0.6 is 11.6 Å². The summed E-state index contributed by atoms with van der Waals surface area (Å²) in [5, 5.41) is 0.663. The normalized spacial score (nSPS) is 16.7. The Morgan fingerprint density at radius 2 is 1.95 bits per heavy atom. The fourth-order valence-corrected chi connectivity index (χ4v) is 2.80. The van der Waals surface area contributed by atoms with Crippen molar-refractivity contribution in [2.75, 3.05) is 58.3 Å². The second kappa shape index (κ2) is 7.07. The summed E-state index contributed by atoms with van der Waals surface area (Å²) in [5.74, 6) is 0. The molecule has 1 aliphatic rings. The van der Waals surface area contributed by atoms with Crippen molar-refractivity contribution < 1.29 is 4.79 Å². The number of anilines is 1. The van der Waals surface area contributed by atoms with Gasteiger partial charge in [-0.2, -0.15) is 0 Å². The maximum Gasteiger partial charge on any atom is 0.152 e. The van der Waals surface area contributed by atoms with Gasteiger partial charge in [-0.25, -0.2) is 0 Å².